The van der Waals surface area contributed by atoms with Gasteiger partial charge in [-0.15, -0.1) is 0 Å². The fraction of sp³-hybridized carbons (Fsp3) is 0.250. The third kappa shape index (κ3) is 4.31. The predicted octanol–water partition coefficient (Wildman–Crippen LogP) is 2.26. The van der Waals surface area contributed by atoms with Crippen molar-refractivity contribution in [3.8, 4) is 5.75 Å². The Kier molecular flexibility index (Phi) is 5.36. The standard InChI is InChI=1S/C16H19NO3S/c1-20-16-10-6-5-7-14(16)13-17-11-12-21(18,19)15-8-3-2-4-9-15/h2-10,17H,11-13H2,1H3. The summed E-state index contributed by atoms with van der Waals surface area (Å²) in [4.78, 5) is 0.365. The van der Waals surface area contributed by atoms with Gasteiger partial charge in [0.25, 0.3) is 0 Å². The van der Waals surface area contributed by atoms with Crippen LogP contribution in [0.3, 0.4) is 0 Å². The lowest BCUT2D eigenvalue weighted by Gasteiger charge is -2.09. The van der Waals surface area contributed by atoms with Crippen LogP contribution in [0.5, 0.6) is 5.75 Å². The maximum Gasteiger partial charge on any atom is 0.179 e. The predicted molar refractivity (Wildman–Crippen MR) is 83.2 cm³/mol. The Balaban J connectivity index is 1.88. The molecule has 4 nitrogen and oxygen atoms in total. The number of ether oxygens (including phenoxy) is 1. The van der Waals surface area contributed by atoms with Crippen LogP contribution in [0.25, 0.3) is 0 Å². The first-order valence-corrected chi connectivity index (χ1v) is 8.39. The van der Waals surface area contributed by atoms with E-state index in [9.17, 15) is 8.42 Å². The van der Waals surface area contributed by atoms with Gasteiger partial charge in [-0.3, -0.25) is 0 Å². The van der Waals surface area contributed by atoms with Gasteiger partial charge in [0, 0.05) is 18.7 Å². The van der Waals surface area contributed by atoms with Gasteiger partial charge in [0.15, 0.2) is 9.84 Å². The highest BCUT2D eigenvalue weighted by Gasteiger charge is 2.13. The van der Waals surface area contributed by atoms with E-state index in [1.54, 1.807) is 37.4 Å². The summed E-state index contributed by atoms with van der Waals surface area (Å²) in [5.74, 6) is 0.877. The number of rotatable bonds is 7. The summed E-state index contributed by atoms with van der Waals surface area (Å²) in [6.45, 7) is 0.976. The number of methoxy groups -OCH3 is 1. The topological polar surface area (TPSA) is 55.4 Å². The summed E-state index contributed by atoms with van der Waals surface area (Å²) in [6, 6.07) is 16.2. The molecule has 0 spiro atoms. The van der Waals surface area contributed by atoms with Crippen molar-refractivity contribution in [3.05, 3.63) is 60.2 Å². The molecule has 21 heavy (non-hydrogen) atoms. The molecule has 0 radical (unpaired) electrons. The minimum Gasteiger partial charge on any atom is -0.496 e. The van der Waals surface area contributed by atoms with Crippen LogP contribution in [0, 0.1) is 0 Å². The van der Waals surface area contributed by atoms with Crippen molar-refractivity contribution in [1.82, 2.24) is 5.32 Å². The van der Waals surface area contributed by atoms with Gasteiger partial charge in [0.1, 0.15) is 5.75 Å². The van der Waals surface area contributed by atoms with Crippen molar-refractivity contribution in [2.45, 2.75) is 11.4 Å². The van der Waals surface area contributed by atoms with E-state index in [2.05, 4.69) is 5.32 Å². The number of sulfone groups is 1. The lowest BCUT2D eigenvalue weighted by molar-refractivity contribution is 0.408. The third-order valence-electron chi connectivity index (χ3n) is 3.16. The molecular formula is C16H19NO3S. The van der Waals surface area contributed by atoms with Crippen molar-refractivity contribution >= 4 is 9.84 Å². The van der Waals surface area contributed by atoms with Gasteiger partial charge in [-0.1, -0.05) is 36.4 Å². The highest BCUT2D eigenvalue weighted by molar-refractivity contribution is 7.91. The van der Waals surface area contributed by atoms with Gasteiger partial charge in [0.2, 0.25) is 0 Å². The van der Waals surface area contributed by atoms with E-state index < -0.39 is 9.84 Å². The number of hydrogen-bond acceptors (Lipinski definition) is 4. The van der Waals surface area contributed by atoms with Crippen LogP contribution in [0.2, 0.25) is 0 Å². The molecule has 2 rings (SSSR count). The van der Waals surface area contributed by atoms with Crippen molar-refractivity contribution in [3.63, 3.8) is 0 Å². The van der Waals surface area contributed by atoms with Crippen LogP contribution in [-0.4, -0.2) is 27.8 Å². The van der Waals surface area contributed by atoms with Crippen LogP contribution in [0.4, 0.5) is 0 Å². The van der Waals surface area contributed by atoms with Crippen molar-refractivity contribution in [2.24, 2.45) is 0 Å². The van der Waals surface area contributed by atoms with E-state index in [-0.39, 0.29) is 5.75 Å². The Labute approximate surface area is 125 Å². The van der Waals surface area contributed by atoms with E-state index in [0.29, 0.717) is 18.0 Å². The molecule has 0 aliphatic heterocycles. The first kappa shape index (κ1) is 15.5. The molecule has 0 unspecified atom stereocenters. The number of nitrogens with one attached hydrogen (secondary N) is 1. The number of para-hydroxylation sites is 1. The quantitative estimate of drug-likeness (QED) is 0.797. The molecule has 0 amide bonds. The fourth-order valence-corrected chi connectivity index (χ4v) is 3.24. The molecule has 0 aliphatic carbocycles. The van der Waals surface area contributed by atoms with Gasteiger partial charge in [-0.05, 0) is 18.2 Å². The first-order chi connectivity index (χ1) is 10.1. The molecule has 0 heterocycles. The second kappa shape index (κ2) is 7.24. The van der Waals surface area contributed by atoms with Gasteiger partial charge >= 0.3 is 0 Å². The minimum absolute atomic E-state index is 0.0756. The summed E-state index contributed by atoms with van der Waals surface area (Å²) < 4.78 is 29.5. The largest absolute Gasteiger partial charge is 0.496 e. The normalized spacial score (nSPS) is 11.3. The average Bonchev–Trinajstić information content (AvgIpc) is 2.53. The molecule has 0 atom stereocenters. The fourth-order valence-electron chi connectivity index (χ4n) is 2.02. The van der Waals surface area contributed by atoms with Gasteiger partial charge < -0.3 is 10.1 Å². The smallest absolute Gasteiger partial charge is 0.179 e. The average molecular weight is 305 g/mol. The highest BCUT2D eigenvalue weighted by atomic mass is 32.2. The molecule has 0 saturated carbocycles. The molecule has 0 aliphatic rings. The Hall–Kier alpha value is -1.85. The molecule has 2 aromatic rings. The van der Waals surface area contributed by atoms with E-state index in [0.717, 1.165) is 11.3 Å². The van der Waals surface area contributed by atoms with Crippen LogP contribution in [-0.2, 0) is 16.4 Å². The molecule has 5 heteroatoms. The number of benzene rings is 2. The zero-order valence-corrected chi connectivity index (χ0v) is 12.8. The van der Waals surface area contributed by atoms with E-state index in [4.69, 9.17) is 4.74 Å². The Morgan fingerprint density at radius 3 is 2.38 bits per heavy atom. The Bertz CT molecular complexity index is 669. The van der Waals surface area contributed by atoms with Gasteiger partial charge in [-0.25, -0.2) is 8.42 Å². The van der Waals surface area contributed by atoms with Crippen molar-refractivity contribution in [1.29, 1.82) is 0 Å². The lowest BCUT2D eigenvalue weighted by atomic mass is 10.2. The molecule has 0 aromatic heterocycles. The summed E-state index contributed by atoms with van der Waals surface area (Å²) in [5.41, 5.74) is 1.01. The summed E-state index contributed by atoms with van der Waals surface area (Å²) in [5, 5.41) is 3.14. The third-order valence-corrected chi connectivity index (χ3v) is 4.89. The monoisotopic (exact) mass is 305 g/mol. The molecule has 0 fully saturated rings. The maximum atomic E-state index is 12.1. The molecule has 1 N–H and O–H groups in total. The van der Waals surface area contributed by atoms with Crippen molar-refractivity contribution in [2.75, 3.05) is 19.4 Å². The molecule has 2 aromatic carbocycles. The van der Waals surface area contributed by atoms with E-state index in [1.165, 1.54) is 0 Å². The van der Waals surface area contributed by atoms with E-state index in [1.807, 2.05) is 24.3 Å². The zero-order chi connectivity index (χ0) is 15.1. The summed E-state index contributed by atoms with van der Waals surface area (Å²) in [7, 11) is -1.60. The Morgan fingerprint density at radius 2 is 1.67 bits per heavy atom. The molecule has 112 valence electrons. The van der Waals surface area contributed by atoms with Crippen LogP contribution in [0.1, 0.15) is 5.56 Å². The molecule has 0 saturated heterocycles. The maximum absolute atomic E-state index is 12.1. The summed E-state index contributed by atoms with van der Waals surface area (Å²) in [6.07, 6.45) is 0. The second-order valence-electron chi connectivity index (χ2n) is 4.62. The molecular weight excluding hydrogens is 286 g/mol. The lowest BCUT2D eigenvalue weighted by Crippen LogP contribution is -2.23. The van der Waals surface area contributed by atoms with Crippen LogP contribution < -0.4 is 10.1 Å². The van der Waals surface area contributed by atoms with Crippen LogP contribution >= 0.6 is 0 Å². The second-order valence-corrected chi connectivity index (χ2v) is 6.73. The minimum atomic E-state index is -3.22. The van der Waals surface area contributed by atoms with Gasteiger partial charge in [0.05, 0.1) is 17.8 Å². The molecule has 0 bridgehead atoms. The van der Waals surface area contributed by atoms with E-state index >= 15 is 0 Å². The number of hydrogen-bond donors (Lipinski definition) is 1. The summed E-state index contributed by atoms with van der Waals surface area (Å²) >= 11 is 0. The first-order valence-electron chi connectivity index (χ1n) is 6.74. The van der Waals surface area contributed by atoms with Crippen molar-refractivity contribution < 1.29 is 13.2 Å². The van der Waals surface area contributed by atoms with Crippen LogP contribution in [0.15, 0.2) is 59.5 Å². The highest BCUT2D eigenvalue weighted by Crippen LogP contribution is 2.16. The zero-order valence-electron chi connectivity index (χ0n) is 12.0. The SMILES string of the molecule is COc1ccccc1CNCCS(=O)(=O)c1ccccc1. The van der Waals surface area contributed by atoms with Gasteiger partial charge in [-0.2, -0.15) is 0 Å². The Morgan fingerprint density at radius 1 is 1.00 bits per heavy atom.